The average molecular weight is 319 g/mol. The molecular weight excluding hydrogens is 308 g/mol. The molecular formula is C13H11ClN6S. The van der Waals surface area contributed by atoms with E-state index in [1.807, 2.05) is 6.07 Å². The van der Waals surface area contributed by atoms with Gasteiger partial charge in [-0.05, 0) is 12.1 Å². The van der Waals surface area contributed by atoms with Gasteiger partial charge in [0.25, 0.3) is 0 Å². The first kappa shape index (κ1) is 13.6. The number of allylic oxidation sites excluding steroid dienone is 2. The largest absolute Gasteiger partial charge is 0.369 e. The van der Waals surface area contributed by atoms with Gasteiger partial charge in [-0.25, -0.2) is 9.98 Å². The topological polar surface area (TPSA) is 92.0 Å². The van der Waals surface area contributed by atoms with E-state index in [9.17, 15) is 0 Å². The summed E-state index contributed by atoms with van der Waals surface area (Å²) in [4.78, 5) is 8.51. The number of hydrogen-bond donors (Lipinski definition) is 3. The quantitative estimate of drug-likeness (QED) is 0.392. The van der Waals surface area contributed by atoms with Crippen molar-refractivity contribution < 1.29 is 0 Å². The van der Waals surface area contributed by atoms with Gasteiger partial charge in [0.1, 0.15) is 0 Å². The number of halogens is 1. The molecule has 0 saturated carbocycles. The van der Waals surface area contributed by atoms with Crippen LogP contribution in [0.5, 0.6) is 0 Å². The Bertz CT molecular complexity index is 875. The molecule has 0 aliphatic heterocycles. The molecule has 0 radical (unpaired) electrons. The van der Waals surface area contributed by atoms with Crippen molar-refractivity contribution in [3.63, 3.8) is 0 Å². The van der Waals surface area contributed by atoms with E-state index < -0.39 is 0 Å². The fraction of sp³-hybridized carbons (Fsp3) is 0. The second-order valence-corrected chi connectivity index (χ2v) is 5.54. The standard InChI is InChI=1S/C13H11ClN6S/c1-2-3-4-16-12(15)19-13-18-11-7-6-17-20-10(7)8(14)5-9(11)21-13/h2-6H,1H2,(H,17,20)(H3,15,16,18,19)/b4-3-. The lowest BCUT2D eigenvalue weighted by Gasteiger charge is -1.97. The summed E-state index contributed by atoms with van der Waals surface area (Å²) in [5.74, 6) is 0.252. The Morgan fingerprint density at radius 2 is 2.43 bits per heavy atom. The second kappa shape index (κ2) is 5.55. The first-order valence-corrected chi connectivity index (χ1v) is 7.18. The van der Waals surface area contributed by atoms with Crippen molar-refractivity contribution in [2.45, 2.75) is 0 Å². The van der Waals surface area contributed by atoms with Gasteiger partial charge in [-0.1, -0.05) is 35.6 Å². The van der Waals surface area contributed by atoms with Gasteiger partial charge in [-0.15, -0.1) is 0 Å². The Labute approximate surface area is 129 Å². The first-order valence-electron chi connectivity index (χ1n) is 5.99. The minimum absolute atomic E-state index is 0.252. The van der Waals surface area contributed by atoms with E-state index in [2.05, 4.69) is 32.1 Å². The van der Waals surface area contributed by atoms with Crippen molar-refractivity contribution in [2.75, 3.05) is 5.32 Å². The van der Waals surface area contributed by atoms with Crippen LogP contribution in [-0.2, 0) is 0 Å². The molecule has 2 aromatic heterocycles. The lowest BCUT2D eigenvalue weighted by atomic mass is 10.2. The summed E-state index contributed by atoms with van der Waals surface area (Å²) >= 11 is 7.64. The number of hydrogen-bond acceptors (Lipinski definition) is 4. The van der Waals surface area contributed by atoms with Gasteiger partial charge in [0.2, 0.25) is 0 Å². The van der Waals surface area contributed by atoms with Crippen LogP contribution in [0.25, 0.3) is 21.1 Å². The number of H-pyrrole nitrogens is 1. The van der Waals surface area contributed by atoms with Gasteiger partial charge in [0.15, 0.2) is 11.1 Å². The second-order valence-electron chi connectivity index (χ2n) is 4.10. The molecule has 0 fully saturated rings. The van der Waals surface area contributed by atoms with E-state index in [4.69, 9.17) is 17.3 Å². The van der Waals surface area contributed by atoms with Gasteiger partial charge in [-0.2, -0.15) is 5.10 Å². The smallest absolute Gasteiger partial charge is 0.199 e. The van der Waals surface area contributed by atoms with Crippen molar-refractivity contribution in [3.8, 4) is 0 Å². The Morgan fingerprint density at radius 3 is 3.24 bits per heavy atom. The number of fused-ring (bicyclic) bond motifs is 3. The number of rotatable bonds is 3. The summed E-state index contributed by atoms with van der Waals surface area (Å²) in [6.07, 6.45) is 6.55. The average Bonchev–Trinajstić information content (AvgIpc) is 3.05. The third-order valence-corrected chi connectivity index (χ3v) is 3.93. The molecule has 0 aliphatic rings. The van der Waals surface area contributed by atoms with E-state index in [1.165, 1.54) is 11.3 Å². The molecule has 0 spiro atoms. The molecule has 0 saturated heterocycles. The maximum absolute atomic E-state index is 6.20. The highest BCUT2D eigenvalue weighted by atomic mass is 35.5. The number of thiazole rings is 1. The Balaban J connectivity index is 1.99. The van der Waals surface area contributed by atoms with Crippen LogP contribution in [0.4, 0.5) is 5.13 Å². The number of nitrogens with two attached hydrogens (primary N) is 1. The molecule has 0 aliphatic carbocycles. The van der Waals surface area contributed by atoms with Crippen molar-refractivity contribution in [3.05, 3.63) is 42.2 Å². The lowest BCUT2D eigenvalue weighted by molar-refractivity contribution is 1.12. The molecule has 0 amide bonds. The van der Waals surface area contributed by atoms with E-state index >= 15 is 0 Å². The van der Waals surface area contributed by atoms with Gasteiger partial charge >= 0.3 is 0 Å². The van der Waals surface area contributed by atoms with Crippen molar-refractivity contribution in [1.82, 2.24) is 15.2 Å². The summed E-state index contributed by atoms with van der Waals surface area (Å²) in [7, 11) is 0. The fourth-order valence-corrected chi connectivity index (χ4v) is 3.08. The summed E-state index contributed by atoms with van der Waals surface area (Å²) in [5, 5.41) is 11.9. The van der Waals surface area contributed by atoms with Crippen LogP contribution in [0.2, 0.25) is 5.02 Å². The molecule has 4 N–H and O–H groups in total. The third kappa shape index (κ3) is 2.61. The fourth-order valence-electron chi connectivity index (χ4n) is 1.84. The maximum Gasteiger partial charge on any atom is 0.199 e. The van der Waals surface area contributed by atoms with Crippen molar-refractivity contribution >= 4 is 55.1 Å². The highest BCUT2D eigenvalue weighted by Gasteiger charge is 2.12. The number of nitrogens with zero attached hydrogens (tertiary/aromatic N) is 3. The molecule has 106 valence electrons. The zero-order chi connectivity index (χ0) is 14.8. The molecule has 0 unspecified atom stereocenters. The highest BCUT2D eigenvalue weighted by molar-refractivity contribution is 7.22. The zero-order valence-corrected chi connectivity index (χ0v) is 12.4. The van der Waals surface area contributed by atoms with Crippen LogP contribution < -0.4 is 11.1 Å². The molecule has 0 bridgehead atoms. The minimum Gasteiger partial charge on any atom is -0.369 e. The lowest BCUT2D eigenvalue weighted by Crippen LogP contribution is -2.21. The molecule has 8 heteroatoms. The van der Waals surface area contributed by atoms with E-state index in [-0.39, 0.29) is 5.96 Å². The summed E-state index contributed by atoms with van der Waals surface area (Å²) < 4.78 is 0.950. The molecule has 2 heterocycles. The normalized spacial score (nSPS) is 12.5. The van der Waals surface area contributed by atoms with Crippen LogP contribution in [0.3, 0.4) is 0 Å². The summed E-state index contributed by atoms with van der Waals surface area (Å²) in [6.45, 7) is 3.55. The Kier molecular flexibility index (Phi) is 3.59. The van der Waals surface area contributed by atoms with Crippen LogP contribution in [0.1, 0.15) is 0 Å². The monoisotopic (exact) mass is 318 g/mol. The predicted molar refractivity (Wildman–Crippen MR) is 88.9 cm³/mol. The molecule has 6 nitrogen and oxygen atoms in total. The number of guanidine groups is 1. The van der Waals surface area contributed by atoms with Gasteiger partial charge in [0, 0.05) is 11.6 Å². The van der Waals surface area contributed by atoms with Crippen LogP contribution in [0.15, 0.2) is 42.2 Å². The Morgan fingerprint density at radius 1 is 1.57 bits per heavy atom. The van der Waals surface area contributed by atoms with Gasteiger partial charge in [0.05, 0.1) is 27.0 Å². The molecule has 3 aromatic rings. The minimum atomic E-state index is 0.252. The van der Waals surface area contributed by atoms with E-state index in [0.29, 0.717) is 10.2 Å². The van der Waals surface area contributed by atoms with Gasteiger partial charge in [-0.3, -0.25) is 5.10 Å². The van der Waals surface area contributed by atoms with Crippen LogP contribution >= 0.6 is 22.9 Å². The van der Waals surface area contributed by atoms with Crippen LogP contribution in [0, 0.1) is 0 Å². The molecule has 0 atom stereocenters. The van der Waals surface area contributed by atoms with Crippen LogP contribution in [-0.4, -0.2) is 21.1 Å². The summed E-state index contributed by atoms with van der Waals surface area (Å²) in [5.41, 5.74) is 7.37. The predicted octanol–water partition coefficient (Wildman–Crippen LogP) is 3.25. The van der Waals surface area contributed by atoms with E-state index in [0.717, 1.165) is 21.1 Å². The number of aromatic amines is 1. The maximum atomic E-state index is 6.20. The van der Waals surface area contributed by atoms with Gasteiger partial charge < -0.3 is 11.1 Å². The molecule has 3 rings (SSSR count). The third-order valence-electron chi connectivity index (χ3n) is 2.72. The number of benzene rings is 1. The highest BCUT2D eigenvalue weighted by Crippen LogP contribution is 2.34. The Hall–Kier alpha value is -2.38. The SMILES string of the molecule is C=C/C=C\N=C(N)Nc1nc2c(cc(Cl)c3[nH]ncc32)s1. The molecule has 21 heavy (non-hydrogen) atoms. The number of anilines is 1. The number of aromatic nitrogens is 3. The summed E-state index contributed by atoms with van der Waals surface area (Å²) in [6, 6.07) is 1.85. The number of nitrogens with one attached hydrogen (secondary N) is 2. The first-order chi connectivity index (χ1) is 10.2. The zero-order valence-electron chi connectivity index (χ0n) is 10.8. The van der Waals surface area contributed by atoms with Crippen molar-refractivity contribution in [2.24, 2.45) is 10.7 Å². The number of aliphatic imine (C=N–C) groups is 1. The van der Waals surface area contributed by atoms with E-state index in [1.54, 1.807) is 24.5 Å². The molecule has 1 aromatic carbocycles. The van der Waals surface area contributed by atoms with Crippen molar-refractivity contribution in [1.29, 1.82) is 0 Å².